The van der Waals surface area contributed by atoms with E-state index >= 15 is 0 Å². The van der Waals surface area contributed by atoms with Gasteiger partial charge < -0.3 is 10.1 Å². The first kappa shape index (κ1) is 19.8. The number of Topliss-reactive ketones (excluding diaryl/α,β-unsaturated/α-hetero) is 1. The third-order valence-corrected chi connectivity index (χ3v) is 6.30. The molecule has 3 aromatic rings. The number of anilines is 1. The van der Waals surface area contributed by atoms with Crippen LogP contribution in [0.2, 0.25) is 0 Å². The zero-order valence-corrected chi connectivity index (χ0v) is 18.4. The minimum Gasteiger partial charge on any atom is -0.494 e. The van der Waals surface area contributed by atoms with Crippen LogP contribution >= 0.6 is 0 Å². The minimum atomic E-state index is -0.108. The average molecular weight is 413 g/mol. The molecule has 4 heteroatoms. The molecule has 0 unspecified atom stereocenters. The first-order chi connectivity index (χ1) is 15.0. The van der Waals surface area contributed by atoms with E-state index in [0.717, 1.165) is 57.6 Å². The van der Waals surface area contributed by atoms with Gasteiger partial charge in [-0.05, 0) is 59.7 Å². The van der Waals surface area contributed by atoms with E-state index in [9.17, 15) is 4.79 Å². The highest BCUT2D eigenvalue weighted by atomic mass is 16.5. The van der Waals surface area contributed by atoms with E-state index < -0.39 is 0 Å². The molecule has 2 aliphatic rings. The lowest BCUT2D eigenvalue weighted by Crippen LogP contribution is -2.33. The maximum Gasteiger partial charge on any atom is 0.162 e. The molecule has 0 bridgehead atoms. The summed E-state index contributed by atoms with van der Waals surface area (Å²) in [4.78, 5) is 18.0. The van der Waals surface area contributed by atoms with Gasteiger partial charge in [0.1, 0.15) is 5.75 Å². The number of carbonyl (C=O) groups is 1. The molecule has 31 heavy (non-hydrogen) atoms. The van der Waals surface area contributed by atoms with Gasteiger partial charge in [-0.3, -0.25) is 9.78 Å². The molecule has 1 atom stereocenters. The van der Waals surface area contributed by atoms with Crippen LogP contribution in [-0.2, 0) is 4.79 Å². The Bertz CT molecular complexity index is 1190. The summed E-state index contributed by atoms with van der Waals surface area (Å²) in [5, 5.41) is 4.71. The lowest BCUT2D eigenvalue weighted by atomic mass is 9.68. The molecule has 0 radical (unpaired) electrons. The van der Waals surface area contributed by atoms with Gasteiger partial charge in [-0.1, -0.05) is 39.0 Å². The lowest BCUT2D eigenvalue weighted by Gasteiger charge is -2.40. The van der Waals surface area contributed by atoms with Crippen molar-refractivity contribution in [2.24, 2.45) is 5.41 Å². The van der Waals surface area contributed by atoms with Gasteiger partial charge in [-0.25, -0.2) is 0 Å². The molecule has 0 spiro atoms. The standard InChI is InChI=1S/C27H28N2O2/c1-4-14-31-18-9-7-17(8-10-18)24-25-19-6-5-13-28-20(19)11-12-21(25)29-22-15-27(2,3)16-23(30)26(22)24/h5-13,24,29H,4,14-16H2,1-3H3/t24-/m1/s1. The van der Waals surface area contributed by atoms with Crippen LogP contribution < -0.4 is 10.1 Å². The average Bonchev–Trinajstić information content (AvgIpc) is 2.75. The van der Waals surface area contributed by atoms with Crippen LogP contribution in [0.3, 0.4) is 0 Å². The highest BCUT2D eigenvalue weighted by molar-refractivity contribution is 6.04. The lowest BCUT2D eigenvalue weighted by molar-refractivity contribution is -0.118. The third kappa shape index (κ3) is 3.50. The Morgan fingerprint density at radius 3 is 2.68 bits per heavy atom. The summed E-state index contributed by atoms with van der Waals surface area (Å²) in [7, 11) is 0. The highest BCUT2D eigenvalue weighted by Gasteiger charge is 2.41. The van der Waals surface area contributed by atoms with Crippen LogP contribution in [-0.4, -0.2) is 17.4 Å². The molecule has 1 aromatic heterocycles. The van der Waals surface area contributed by atoms with Crippen LogP contribution in [0.15, 0.2) is 66.0 Å². The van der Waals surface area contributed by atoms with E-state index in [1.165, 1.54) is 0 Å². The van der Waals surface area contributed by atoms with Crippen molar-refractivity contribution >= 4 is 22.4 Å². The van der Waals surface area contributed by atoms with E-state index in [1.54, 1.807) is 0 Å². The molecule has 0 saturated carbocycles. The fraction of sp³-hybridized carbons (Fsp3) is 0.333. The number of nitrogens with zero attached hydrogens (tertiary/aromatic N) is 1. The normalized spacial score (nSPS) is 19.6. The molecule has 1 N–H and O–H groups in total. The molecular weight excluding hydrogens is 384 g/mol. The van der Waals surface area contributed by atoms with Crippen molar-refractivity contribution in [3.63, 3.8) is 0 Å². The second-order valence-electron chi connectivity index (χ2n) is 9.41. The smallest absolute Gasteiger partial charge is 0.162 e. The van der Waals surface area contributed by atoms with Crippen molar-refractivity contribution in [3.05, 3.63) is 77.1 Å². The maximum atomic E-state index is 13.4. The number of ether oxygens (including phenoxy) is 1. The number of hydrogen-bond acceptors (Lipinski definition) is 4. The number of allylic oxidation sites excluding steroid dienone is 2. The monoisotopic (exact) mass is 412 g/mol. The van der Waals surface area contributed by atoms with Crippen molar-refractivity contribution in [2.75, 3.05) is 11.9 Å². The molecule has 158 valence electrons. The number of fused-ring (bicyclic) bond motifs is 3. The largest absolute Gasteiger partial charge is 0.494 e. The van der Waals surface area contributed by atoms with Gasteiger partial charge in [-0.15, -0.1) is 0 Å². The molecule has 4 nitrogen and oxygen atoms in total. The van der Waals surface area contributed by atoms with Gasteiger partial charge in [0.05, 0.1) is 12.1 Å². The Labute approximate surface area is 183 Å². The first-order valence-electron chi connectivity index (χ1n) is 11.1. The first-order valence-corrected chi connectivity index (χ1v) is 11.1. The molecule has 2 heterocycles. The molecule has 1 aliphatic heterocycles. The van der Waals surface area contributed by atoms with E-state index in [-0.39, 0.29) is 17.1 Å². The van der Waals surface area contributed by atoms with Gasteiger partial charge in [-0.2, -0.15) is 0 Å². The summed E-state index contributed by atoms with van der Waals surface area (Å²) in [5.74, 6) is 0.995. The molecular formula is C27H28N2O2. The zero-order chi connectivity index (χ0) is 21.6. The molecule has 1 aliphatic carbocycles. The molecule has 0 saturated heterocycles. The second-order valence-corrected chi connectivity index (χ2v) is 9.41. The number of benzene rings is 2. The van der Waals surface area contributed by atoms with Crippen LogP contribution in [0.25, 0.3) is 10.9 Å². The van der Waals surface area contributed by atoms with E-state index in [0.29, 0.717) is 13.0 Å². The Balaban J connectivity index is 1.70. The van der Waals surface area contributed by atoms with Gasteiger partial charge in [0.15, 0.2) is 5.78 Å². The maximum absolute atomic E-state index is 13.4. The predicted molar refractivity (Wildman–Crippen MR) is 124 cm³/mol. The van der Waals surface area contributed by atoms with Crippen molar-refractivity contribution in [1.29, 1.82) is 0 Å². The summed E-state index contributed by atoms with van der Waals surface area (Å²) in [6, 6.07) is 16.5. The van der Waals surface area contributed by atoms with Crippen molar-refractivity contribution in [3.8, 4) is 5.75 Å². The Hall–Kier alpha value is -3.14. The number of ketones is 1. The summed E-state index contributed by atoms with van der Waals surface area (Å²) >= 11 is 0. The second kappa shape index (κ2) is 7.52. The number of pyridine rings is 1. The Kier molecular flexibility index (Phi) is 4.81. The topological polar surface area (TPSA) is 51.2 Å². The van der Waals surface area contributed by atoms with E-state index in [1.807, 2.05) is 24.4 Å². The predicted octanol–water partition coefficient (Wildman–Crippen LogP) is 6.22. The Morgan fingerprint density at radius 1 is 1.10 bits per heavy atom. The van der Waals surface area contributed by atoms with Crippen LogP contribution in [0.1, 0.15) is 57.1 Å². The molecule has 5 rings (SSSR count). The summed E-state index contributed by atoms with van der Waals surface area (Å²) < 4.78 is 5.79. The van der Waals surface area contributed by atoms with E-state index in [2.05, 4.69) is 61.4 Å². The van der Waals surface area contributed by atoms with Crippen molar-refractivity contribution in [2.45, 2.75) is 46.0 Å². The third-order valence-electron chi connectivity index (χ3n) is 6.30. The number of hydrogen-bond donors (Lipinski definition) is 1. The zero-order valence-electron chi connectivity index (χ0n) is 18.4. The Morgan fingerprint density at radius 2 is 1.90 bits per heavy atom. The fourth-order valence-corrected chi connectivity index (χ4v) is 4.99. The molecule has 0 amide bonds. The van der Waals surface area contributed by atoms with E-state index in [4.69, 9.17) is 4.74 Å². The van der Waals surface area contributed by atoms with Crippen molar-refractivity contribution < 1.29 is 9.53 Å². The summed E-state index contributed by atoms with van der Waals surface area (Å²) in [6.45, 7) is 7.15. The number of aromatic nitrogens is 1. The minimum absolute atomic E-state index is 0.0405. The number of nitrogens with one attached hydrogen (secondary N) is 1. The number of rotatable bonds is 4. The van der Waals surface area contributed by atoms with Gasteiger partial charge in [0.2, 0.25) is 0 Å². The number of carbonyl (C=O) groups excluding carboxylic acids is 1. The van der Waals surface area contributed by atoms with Crippen LogP contribution in [0.5, 0.6) is 5.75 Å². The highest BCUT2D eigenvalue weighted by Crippen LogP contribution is 2.50. The fourth-order valence-electron chi connectivity index (χ4n) is 4.99. The molecule has 0 fully saturated rings. The molecule has 2 aromatic carbocycles. The summed E-state index contributed by atoms with van der Waals surface area (Å²) in [5.41, 5.74) is 6.20. The van der Waals surface area contributed by atoms with Gasteiger partial charge in [0.25, 0.3) is 0 Å². The van der Waals surface area contributed by atoms with Gasteiger partial charge >= 0.3 is 0 Å². The van der Waals surface area contributed by atoms with Crippen molar-refractivity contribution in [1.82, 2.24) is 4.98 Å². The van der Waals surface area contributed by atoms with Gasteiger partial charge in [0, 0.05) is 40.9 Å². The van der Waals surface area contributed by atoms with Crippen LogP contribution in [0.4, 0.5) is 5.69 Å². The summed E-state index contributed by atoms with van der Waals surface area (Å²) in [6.07, 6.45) is 4.23. The van der Waals surface area contributed by atoms with Crippen LogP contribution in [0, 0.1) is 5.41 Å². The SMILES string of the molecule is CCCOc1ccc([C@H]2C3=C(CC(C)(C)CC3=O)Nc3ccc4ncccc4c32)cc1. The quantitative estimate of drug-likeness (QED) is 0.552.